The van der Waals surface area contributed by atoms with Gasteiger partial charge in [0.2, 0.25) is 5.88 Å². The summed E-state index contributed by atoms with van der Waals surface area (Å²) in [7, 11) is 3.52. The molecule has 1 aliphatic rings. The molecule has 1 atom stereocenters. The highest BCUT2D eigenvalue weighted by Gasteiger charge is 2.18. The lowest BCUT2D eigenvalue weighted by Gasteiger charge is -2.31. The van der Waals surface area contributed by atoms with Crippen molar-refractivity contribution in [2.75, 3.05) is 20.2 Å². The predicted molar refractivity (Wildman–Crippen MR) is 79.8 cm³/mol. The largest absolute Gasteiger partial charge is 0.481 e. The summed E-state index contributed by atoms with van der Waals surface area (Å²) in [5.74, 6) is 2.07. The van der Waals surface area contributed by atoms with Crippen LogP contribution in [0.25, 0.3) is 0 Å². The number of aromatic nitrogens is 2. The highest BCUT2D eigenvalue weighted by atomic mass is 16.5. The number of rotatable bonds is 3. The third-order valence-electron chi connectivity index (χ3n) is 3.86. The Morgan fingerprint density at radius 3 is 2.95 bits per heavy atom. The van der Waals surface area contributed by atoms with E-state index in [0.717, 1.165) is 30.2 Å². The molecule has 0 aromatic carbocycles. The van der Waals surface area contributed by atoms with Crippen molar-refractivity contribution in [1.82, 2.24) is 14.7 Å². The first kappa shape index (κ1) is 14.7. The quantitative estimate of drug-likeness (QED) is 0.668. The average molecular weight is 279 g/mol. The molecule has 1 saturated heterocycles. The lowest BCUT2D eigenvalue weighted by Crippen LogP contribution is -2.43. The smallest absolute Gasteiger partial charge is 0.216 e. The Morgan fingerprint density at radius 1 is 1.55 bits per heavy atom. The van der Waals surface area contributed by atoms with Crippen LogP contribution in [0.3, 0.4) is 0 Å². The molecule has 6 heteroatoms. The van der Waals surface area contributed by atoms with E-state index < -0.39 is 0 Å². The van der Waals surface area contributed by atoms with Gasteiger partial charge < -0.3 is 15.4 Å². The second kappa shape index (κ2) is 6.15. The maximum atomic E-state index is 6.11. The van der Waals surface area contributed by atoms with E-state index in [0.29, 0.717) is 18.4 Å². The molecule has 0 amide bonds. The summed E-state index contributed by atoms with van der Waals surface area (Å²) < 4.78 is 7.10. The molecule has 0 saturated carbocycles. The number of guanidine groups is 1. The Balaban J connectivity index is 2.08. The number of piperidine rings is 1. The first-order valence-corrected chi connectivity index (χ1v) is 7.14. The molecular weight excluding hydrogens is 254 g/mol. The van der Waals surface area contributed by atoms with Crippen molar-refractivity contribution in [3.8, 4) is 5.88 Å². The molecule has 1 aromatic heterocycles. The van der Waals surface area contributed by atoms with Crippen molar-refractivity contribution in [2.45, 2.75) is 33.2 Å². The van der Waals surface area contributed by atoms with Gasteiger partial charge in [0.1, 0.15) is 0 Å². The van der Waals surface area contributed by atoms with Crippen LogP contribution in [0.4, 0.5) is 0 Å². The van der Waals surface area contributed by atoms with Crippen LogP contribution in [0.1, 0.15) is 31.0 Å². The summed E-state index contributed by atoms with van der Waals surface area (Å²) in [6.45, 7) is 6.74. The molecular formula is C14H25N5O. The summed E-state index contributed by atoms with van der Waals surface area (Å²) in [6, 6.07) is 0. The molecule has 2 rings (SSSR count). The SMILES string of the molecule is COc1c(CN=C(N)N2CCCC(C)C2)c(C)nn1C. The van der Waals surface area contributed by atoms with E-state index in [1.165, 1.54) is 12.8 Å². The fraction of sp³-hybridized carbons (Fsp3) is 0.714. The van der Waals surface area contributed by atoms with Crippen molar-refractivity contribution < 1.29 is 4.74 Å². The number of methoxy groups -OCH3 is 1. The minimum absolute atomic E-state index is 0.513. The average Bonchev–Trinajstić information content (AvgIpc) is 2.69. The van der Waals surface area contributed by atoms with Crippen LogP contribution in [0.5, 0.6) is 5.88 Å². The highest BCUT2D eigenvalue weighted by Crippen LogP contribution is 2.22. The molecule has 0 radical (unpaired) electrons. The van der Waals surface area contributed by atoms with Gasteiger partial charge >= 0.3 is 0 Å². The summed E-state index contributed by atoms with van der Waals surface area (Å²) in [5.41, 5.74) is 8.06. The molecule has 1 fully saturated rings. The monoisotopic (exact) mass is 279 g/mol. The van der Waals surface area contributed by atoms with Gasteiger partial charge in [0.05, 0.1) is 24.9 Å². The van der Waals surface area contributed by atoms with Crippen molar-refractivity contribution in [3.05, 3.63) is 11.3 Å². The fourth-order valence-electron chi connectivity index (χ4n) is 2.78. The van der Waals surface area contributed by atoms with Crippen LogP contribution in [0, 0.1) is 12.8 Å². The molecule has 1 aromatic rings. The van der Waals surface area contributed by atoms with Crippen LogP contribution >= 0.6 is 0 Å². The molecule has 2 N–H and O–H groups in total. The zero-order valence-electron chi connectivity index (χ0n) is 12.9. The van der Waals surface area contributed by atoms with Gasteiger partial charge in [0.25, 0.3) is 0 Å². The molecule has 0 spiro atoms. The second-order valence-corrected chi connectivity index (χ2v) is 5.56. The fourth-order valence-corrected chi connectivity index (χ4v) is 2.78. The third-order valence-corrected chi connectivity index (χ3v) is 3.86. The number of ether oxygens (including phenoxy) is 1. The Bertz CT molecular complexity index is 494. The number of aliphatic imine (C=N–C) groups is 1. The molecule has 112 valence electrons. The Labute approximate surface area is 120 Å². The predicted octanol–water partition coefficient (Wildman–Crippen LogP) is 1.28. The van der Waals surface area contributed by atoms with Crippen molar-refractivity contribution in [2.24, 2.45) is 23.7 Å². The lowest BCUT2D eigenvalue weighted by molar-refractivity contribution is 0.270. The van der Waals surface area contributed by atoms with Crippen molar-refractivity contribution in [1.29, 1.82) is 0 Å². The number of nitrogens with zero attached hydrogens (tertiary/aromatic N) is 4. The first-order chi connectivity index (χ1) is 9.52. The van der Waals surface area contributed by atoms with Crippen LogP contribution < -0.4 is 10.5 Å². The van der Waals surface area contributed by atoms with Gasteiger partial charge in [-0.2, -0.15) is 5.10 Å². The minimum Gasteiger partial charge on any atom is -0.481 e. The van der Waals surface area contributed by atoms with Gasteiger partial charge in [-0.1, -0.05) is 6.92 Å². The van der Waals surface area contributed by atoms with Gasteiger partial charge in [-0.05, 0) is 25.7 Å². The lowest BCUT2D eigenvalue weighted by atomic mass is 10.0. The van der Waals surface area contributed by atoms with E-state index in [-0.39, 0.29) is 0 Å². The normalized spacial score (nSPS) is 20.3. The molecule has 0 bridgehead atoms. The third kappa shape index (κ3) is 3.05. The number of aryl methyl sites for hydroxylation is 2. The van der Waals surface area contributed by atoms with Gasteiger partial charge in [0.15, 0.2) is 5.96 Å². The van der Waals surface area contributed by atoms with Crippen molar-refractivity contribution >= 4 is 5.96 Å². The molecule has 1 unspecified atom stereocenters. The Morgan fingerprint density at radius 2 is 2.30 bits per heavy atom. The maximum absolute atomic E-state index is 6.11. The Hall–Kier alpha value is -1.72. The van der Waals surface area contributed by atoms with E-state index in [1.807, 2.05) is 14.0 Å². The molecule has 6 nitrogen and oxygen atoms in total. The van der Waals surface area contributed by atoms with Crippen molar-refractivity contribution in [3.63, 3.8) is 0 Å². The van der Waals surface area contributed by atoms with Gasteiger partial charge in [-0.3, -0.25) is 0 Å². The maximum Gasteiger partial charge on any atom is 0.216 e. The number of hydrogen-bond acceptors (Lipinski definition) is 3. The summed E-state index contributed by atoms with van der Waals surface area (Å²) in [4.78, 5) is 6.70. The van der Waals surface area contributed by atoms with E-state index >= 15 is 0 Å². The number of hydrogen-bond donors (Lipinski definition) is 1. The summed E-state index contributed by atoms with van der Waals surface area (Å²) in [5, 5.41) is 4.35. The van der Waals surface area contributed by atoms with Gasteiger partial charge in [-0.15, -0.1) is 0 Å². The number of likely N-dealkylation sites (tertiary alicyclic amines) is 1. The zero-order chi connectivity index (χ0) is 14.7. The van der Waals surface area contributed by atoms with E-state index in [4.69, 9.17) is 10.5 Å². The topological polar surface area (TPSA) is 68.7 Å². The standard InChI is InChI=1S/C14H25N5O/c1-10-6-5-7-19(9-10)14(15)16-8-12-11(2)17-18(3)13(12)20-4/h10H,5-9H2,1-4H3,(H2,15,16). The van der Waals surface area contributed by atoms with Gasteiger partial charge in [0, 0.05) is 20.1 Å². The molecule has 0 aliphatic carbocycles. The van der Waals surface area contributed by atoms with E-state index in [1.54, 1.807) is 11.8 Å². The summed E-state index contributed by atoms with van der Waals surface area (Å²) in [6.07, 6.45) is 2.46. The van der Waals surface area contributed by atoms with Crippen LogP contribution in [0.2, 0.25) is 0 Å². The van der Waals surface area contributed by atoms with Gasteiger partial charge in [-0.25, -0.2) is 9.67 Å². The van der Waals surface area contributed by atoms with E-state index in [2.05, 4.69) is 21.9 Å². The molecule has 1 aliphatic heterocycles. The summed E-state index contributed by atoms with van der Waals surface area (Å²) >= 11 is 0. The minimum atomic E-state index is 0.513. The first-order valence-electron chi connectivity index (χ1n) is 7.14. The highest BCUT2D eigenvalue weighted by molar-refractivity contribution is 5.78. The zero-order valence-corrected chi connectivity index (χ0v) is 12.9. The number of nitrogens with two attached hydrogens (primary N) is 1. The Kier molecular flexibility index (Phi) is 4.52. The van der Waals surface area contributed by atoms with Crippen LogP contribution in [0.15, 0.2) is 4.99 Å². The van der Waals surface area contributed by atoms with Crippen LogP contribution in [-0.4, -0.2) is 40.8 Å². The molecule has 20 heavy (non-hydrogen) atoms. The van der Waals surface area contributed by atoms with Crippen LogP contribution in [-0.2, 0) is 13.6 Å². The van der Waals surface area contributed by atoms with E-state index in [9.17, 15) is 0 Å². The second-order valence-electron chi connectivity index (χ2n) is 5.56. The molecule has 2 heterocycles.